The van der Waals surface area contributed by atoms with Gasteiger partial charge in [0.1, 0.15) is 0 Å². The molecule has 72 valence electrons. The minimum atomic E-state index is -1.73. The van der Waals surface area contributed by atoms with Gasteiger partial charge in [0.05, 0.1) is 0 Å². The molecule has 0 aliphatic carbocycles. The molecule has 7 heteroatoms. The van der Waals surface area contributed by atoms with Crippen LogP contribution in [0.5, 0.6) is 0 Å². The number of amides is 1. The Balaban J connectivity index is 2.67. The largest absolute Gasteiger partial charge is 0.517 e. The first kappa shape index (κ1) is 9.46. The highest BCUT2D eigenvalue weighted by Gasteiger charge is 2.43. The van der Waals surface area contributed by atoms with Gasteiger partial charge in [-0.3, -0.25) is 4.79 Å². The summed E-state index contributed by atoms with van der Waals surface area (Å²) >= 11 is 0. The Bertz CT molecular complexity index is 262. The number of hydrogen-bond acceptors (Lipinski definition) is 6. The van der Waals surface area contributed by atoms with E-state index in [1.54, 1.807) is 0 Å². The Kier molecular flexibility index (Phi) is 2.47. The fourth-order valence-corrected chi connectivity index (χ4v) is 0.795. The molecular formula is C6H7NO6. The number of likely N-dealkylation sites (N-methyl/N-ethyl adjacent to an activating group) is 1. The molecule has 0 aromatic heterocycles. The maximum Gasteiger partial charge on any atom is 0.517 e. The standard InChI is InChI=1S/C6H7NO6/c1-7-4(9)2(8)3-5(10)13-6(11)12-3/h2-3,8H,1H3,(H,7,9)/t2-,3-/m1/s1. The molecule has 1 fully saturated rings. The summed E-state index contributed by atoms with van der Waals surface area (Å²) in [5.41, 5.74) is 0. The van der Waals surface area contributed by atoms with Crippen molar-refractivity contribution in [2.24, 2.45) is 0 Å². The molecule has 1 rings (SSSR count). The zero-order valence-electron chi connectivity index (χ0n) is 6.64. The first-order valence-electron chi connectivity index (χ1n) is 3.38. The Morgan fingerprint density at radius 3 is 2.62 bits per heavy atom. The lowest BCUT2D eigenvalue weighted by Crippen LogP contribution is -2.43. The summed E-state index contributed by atoms with van der Waals surface area (Å²) in [6, 6.07) is 0. The van der Waals surface area contributed by atoms with Gasteiger partial charge in [-0.05, 0) is 0 Å². The lowest BCUT2D eigenvalue weighted by Gasteiger charge is -2.10. The third kappa shape index (κ3) is 1.75. The predicted octanol–water partition coefficient (Wildman–Crippen LogP) is -1.84. The van der Waals surface area contributed by atoms with Crippen molar-refractivity contribution in [2.75, 3.05) is 7.05 Å². The molecule has 0 spiro atoms. The van der Waals surface area contributed by atoms with Crippen molar-refractivity contribution in [1.82, 2.24) is 5.32 Å². The van der Waals surface area contributed by atoms with Crippen molar-refractivity contribution in [1.29, 1.82) is 0 Å². The second-order valence-electron chi connectivity index (χ2n) is 2.27. The number of aliphatic hydroxyl groups is 1. The number of esters is 1. The van der Waals surface area contributed by atoms with Gasteiger partial charge in [-0.1, -0.05) is 0 Å². The maximum atomic E-state index is 10.8. The fourth-order valence-electron chi connectivity index (χ4n) is 0.795. The van der Waals surface area contributed by atoms with Gasteiger partial charge in [0.25, 0.3) is 5.91 Å². The van der Waals surface area contributed by atoms with Gasteiger partial charge < -0.3 is 19.9 Å². The molecule has 1 aliphatic rings. The molecule has 2 atom stereocenters. The molecule has 2 N–H and O–H groups in total. The van der Waals surface area contributed by atoms with Crippen molar-refractivity contribution in [2.45, 2.75) is 12.2 Å². The minimum Gasteiger partial charge on any atom is -0.415 e. The Labute approximate surface area is 72.6 Å². The summed E-state index contributed by atoms with van der Waals surface area (Å²) in [6.07, 6.45) is -4.51. The van der Waals surface area contributed by atoms with Gasteiger partial charge in [-0.2, -0.15) is 0 Å². The average molecular weight is 189 g/mol. The third-order valence-corrected chi connectivity index (χ3v) is 1.44. The number of carbonyl (C=O) groups excluding carboxylic acids is 3. The first-order valence-corrected chi connectivity index (χ1v) is 3.38. The number of ether oxygens (including phenoxy) is 2. The number of hydrogen-bond donors (Lipinski definition) is 2. The number of rotatable bonds is 2. The average Bonchev–Trinajstić information content (AvgIpc) is 2.42. The van der Waals surface area contributed by atoms with E-state index in [0.717, 1.165) is 0 Å². The van der Waals surface area contributed by atoms with Crippen LogP contribution in [0, 0.1) is 0 Å². The van der Waals surface area contributed by atoms with Crippen molar-refractivity contribution in [3.63, 3.8) is 0 Å². The minimum absolute atomic E-state index is 0.823. The second kappa shape index (κ2) is 3.40. The van der Waals surface area contributed by atoms with Crippen molar-refractivity contribution in [3.8, 4) is 0 Å². The summed E-state index contributed by atoms with van der Waals surface area (Å²) < 4.78 is 8.19. The quantitative estimate of drug-likeness (QED) is 0.390. The first-order chi connectivity index (χ1) is 6.06. The van der Waals surface area contributed by atoms with Gasteiger partial charge in [0.2, 0.25) is 6.10 Å². The number of cyclic esters (lactones) is 3. The van der Waals surface area contributed by atoms with E-state index in [1.165, 1.54) is 7.05 Å². The molecule has 1 saturated heterocycles. The molecule has 7 nitrogen and oxygen atoms in total. The van der Waals surface area contributed by atoms with E-state index in [4.69, 9.17) is 5.11 Å². The van der Waals surface area contributed by atoms with Crippen LogP contribution in [0.1, 0.15) is 0 Å². The smallest absolute Gasteiger partial charge is 0.415 e. The lowest BCUT2D eigenvalue weighted by molar-refractivity contribution is -0.146. The van der Waals surface area contributed by atoms with E-state index in [9.17, 15) is 14.4 Å². The molecule has 1 heterocycles. The monoisotopic (exact) mass is 189 g/mol. The van der Waals surface area contributed by atoms with Gasteiger partial charge in [-0.25, -0.2) is 9.59 Å². The van der Waals surface area contributed by atoms with Crippen molar-refractivity contribution in [3.05, 3.63) is 0 Å². The fraction of sp³-hybridized carbons (Fsp3) is 0.500. The molecule has 0 radical (unpaired) electrons. The highest BCUT2D eigenvalue weighted by Crippen LogP contribution is 2.11. The van der Waals surface area contributed by atoms with E-state index in [0.29, 0.717) is 0 Å². The summed E-state index contributed by atoms with van der Waals surface area (Å²) in [5, 5.41) is 11.2. The van der Waals surface area contributed by atoms with Gasteiger partial charge in [-0.15, -0.1) is 0 Å². The molecule has 13 heavy (non-hydrogen) atoms. The second-order valence-corrected chi connectivity index (χ2v) is 2.27. The summed E-state index contributed by atoms with van der Waals surface area (Å²) in [6.45, 7) is 0. The number of aliphatic hydroxyl groups excluding tert-OH is 1. The summed E-state index contributed by atoms with van der Waals surface area (Å²) in [5.74, 6) is -1.89. The van der Waals surface area contributed by atoms with Gasteiger partial charge in [0, 0.05) is 7.05 Å². The number of carbonyl (C=O) groups is 3. The van der Waals surface area contributed by atoms with Crippen LogP contribution >= 0.6 is 0 Å². The van der Waals surface area contributed by atoms with E-state index in [2.05, 4.69) is 14.8 Å². The van der Waals surface area contributed by atoms with Crippen LogP contribution in [0.4, 0.5) is 4.79 Å². The maximum absolute atomic E-state index is 10.8. The van der Waals surface area contributed by atoms with Crippen LogP contribution in [0.2, 0.25) is 0 Å². The van der Waals surface area contributed by atoms with Crippen LogP contribution in [0.3, 0.4) is 0 Å². The van der Waals surface area contributed by atoms with Crippen molar-refractivity contribution >= 4 is 18.0 Å². The topological polar surface area (TPSA) is 102 Å². The number of nitrogens with one attached hydrogen (secondary N) is 1. The molecule has 0 saturated carbocycles. The van der Waals surface area contributed by atoms with Crippen LogP contribution in [0.15, 0.2) is 0 Å². The zero-order valence-corrected chi connectivity index (χ0v) is 6.64. The van der Waals surface area contributed by atoms with Crippen LogP contribution in [-0.4, -0.2) is 42.4 Å². The molecule has 0 aromatic rings. The highest BCUT2D eigenvalue weighted by atomic mass is 16.8. The Morgan fingerprint density at radius 1 is 1.62 bits per heavy atom. The molecule has 0 unspecified atom stereocenters. The van der Waals surface area contributed by atoms with E-state index < -0.39 is 30.2 Å². The van der Waals surface area contributed by atoms with E-state index in [-0.39, 0.29) is 0 Å². The van der Waals surface area contributed by atoms with Crippen LogP contribution in [-0.2, 0) is 19.1 Å². The molecule has 1 amide bonds. The normalized spacial score (nSPS) is 23.4. The van der Waals surface area contributed by atoms with E-state index in [1.807, 2.05) is 0 Å². The van der Waals surface area contributed by atoms with Crippen LogP contribution in [0.25, 0.3) is 0 Å². The Hall–Kier alpha value is -1.63. The van der Waals surface area contributed by atoms with Crippen LogP contribution < -0.4 is 5.32 Å². The Morgan fingerprint density at radius 2 is 2.23 bits per heavy atom. The molecule has 1 aliphatic heterocycles. The summed E-state index contributed by atoms with van der Waals surface area (Å²) in [4.78, 5) is 31.9. The molecule has 0 bridgehead atoms. The molecule has 0 aromatic carbocycles. The van der Waals surface area contributed by atoms with Gasteiger partial charge >= 0.3 is 12.1 Å². The van der Waals surface area contributed by atoms with Crippen molar-refractivity contribution < 1.29 is 29.0 Å². The summed E-state index contributed by atoms with van der Waals surface area (Å²) in [7, 11) is 1.27. The predicted molar refractivity (Wildman–Crippen MR) is 36.4 cm³/mol. The highest BCUT2D eigenvalue weighted by molar-refractivity contribution is 5.96. The van der Waals surface area contributed by atoms with E-state index >= 15 is 0 Å². The molecular weight excluding hydrogens is 182 g/mol. The zero-order chi connectivity index (χ0) is 10.0. The third-order valence-electron chi connectivity index (χ3n) is 1.44. The lowest BCUT2D eigenvalue weighted by atomic mass is 10.2. The SMILES string of the molecule is CNC(=O)[C@H](O)[C@H]1OC(=O)OC1=O. The van der Waals surface area contributed by atoms with Gasteiger partial charge in [0.15, 0.2) is 6.10 Å².